The van der Waals surface area contributed by atoms with Crippen LogP contribution < -0.4 is 0 Å². The fraction of sp³-hybridized carbons (Fsp3) is 0.467. The number of likely N-dealkylation sites (tertiary alicyclic amines) is 1. The Kier molecular flexibility index (Phi) is 4.61. The SMILES string of the molecule is O=C(O)C1CCCCCN1C(=O)Cc1ccccc1O. The Labute approximate surface area is 117 Å². The molecule has 0 bridgehead atoms. The zero-order valence-corrected chi connectivity index (χ0v) is 11.3. The average molecular weight is 277 g/mol. The second-order valence-corrected chi connectivity index (χ2v) is 5.10. The number of carboxylic acids is 1. The number of hydrogen-bond acceptors (Lipinski definition) is 3. The van der Waals surface area contributed by atoms with Crippen molar-refractivity contribution in [2.45, 2.75) is 38.1 Å². The second kappa shape index (κ2) is 6.41. The highest BCUT2D eigenvalue weighted by atomic mass is 16.4. The number of carbonyl (C=O) groups is 2. The largest absolute Gasteiger partial charge is 0.508 e. The molecule has 0 radical (unpaired) electrons. The van der Waals surface area contributed by atoms with Crippen LogP contribution in [0.1, 0.15) is 31.2 Å². The summed E-state index contributed by atoms with van der Waals surface area (Å²) in [5, 5.41) is 19.0. The number of nitrogens with zero attached hydrogens (tertiary/aromatic N) is 1. The van der Waals surface area contributed by atoms with E-state index in [0.29, 0.717) is 18.5 Å². The van der Waals surface area contributed by atoms with Crippen molar-refractivity contribution in [3.05, 3.63) is 29.8 Å². The van der Waals surface area contributed by atoms with Crippen molar-refractivity contribution < 1.29 is 19.8 Å². The van der Waals surface area contributed by atoms with Crippen molar-refractivity contribution in [3.63, 3.8) is 0 Å². The number of amides is 1. The van der Waals surface area contributed by atoms with Gasteiger partial charge in [0.05, 0.1) is 6.42 Å². The topological polar surface area (TPSA) is 77.8 Å². The van der Waals surface area contributed by atoms with Crippen LogP contribution in [-0.2, 0) is 16.0 Å². The number of aliphatic carboxylic acids is 1. The minimum atomic E-state index is -0.947. The Bertz CT molecular complexity index is 500. The summed E-state index contributed by atoms with van der Waals surface area (Å²) in [6, 6.07) is 5.91. The minimum absolute atomic E-state index is 0.0381. The van der Waals surface area contributed by atoms with Gasteiger partial charge in [-0.1, -0.05) is 31.0 Å². The molecule has 5 nitrogen and oxygen atoms in total. The van der Waals surface area contributed by atoms with Crippen LogP contribution in [0.15, 0.2) is 24.3 Å². The summed E-state index contributed by atoms with van der Waals surface area (Å²) in [6.07, 6.45) is 3.15. The molecule has 20 heavy (non-hydrogen) atoms. The van der Waals surface area contributed by atoms with Gasteiger partial charge in [0.25, 0.3) is 0 Å². The number of carboxylic acid groups (broad SMARTS) is 1. The molecule has 1 aliphatic rings. The monoisotopic (exact) mass is 277 g/mol. The van der Waals surface area contributed by atoms with Crippen LogP contribution in [0.25, 0.3) is 0 Å². The highest BCUT2D eigenvalue weighted by Gasteiger charge is 2.30. The number of carbonyl (C=O) groups excluding carboxylic acids is 1. The summed E-state index contributed by atoms with van der Waals surface area (Å²) in [6.45, 7) is 0.476. The first-order valence-electron chi connectivity index (χ1n) is 6.88. The molecular weight excluding hydrogens is 258 g/mol. The van der Waals surface area contributed by atoms with Crippen LogP contribution in [0, 0.1) is 0 Å². The number of phenols is 1. The van der Waals surface area contributed by atoms with Crippen LogP contribution in [0.4, 0.5) is 0 Å². The molecule has 1 atom stereocenters. The van der Waals surface area contributed by atoms with Crippen LogP contribution in [0.5, 0.6) is 5.75 Å². The van der Waals surface area contributed by atoms with E-state index in [4.69, 9.17) is 0 Å². The lowest BCUT2D eigenvalue weighted by atomic mass is 10.1. The summed E-state index contributed by atoms with van der Waals surface area (Å²) in [4.78, 5) is 25.1. The number of aromatic hydroxyl groups is 1. The molecule has 0 aliphatic carbocycles. The van der Waals surface area contributed by atoms with Gasteiger partial charge >= 0.3 is 5.97 Å². The number of hydrogen-bond donors (Lipinski definition) is 2. The Balaban J connectivity index is 2.13. The maximum atomic E-state index is 12.3. The maximum Gasteiger partial charge on any atom is 0.326 e. The van der Waals surface area contributed by atoms with Crippen LogP contribution >= 0.6 is 0 Å². The lowest BCUT2D eigenvalue weighted by Gasteiger charge is -2.27. The molecule has 1 aromatic rings. The molecule has 0 aromatic heterocycles. The van der Waals surface area contributed by atoms with Crippen LogP contribution in [0.3, 0.4) is 0 Å². The van der Waals surface area contributed by atoms with Gasteiger partial charge in [0.1, 0.15) is 11.8 Å². The van der Waals surface area contributed by atoms with Gasteiger partial charge in [-0.15, -0.1) is 0 Å². The van der Waals surface area contributed by atoms with Crippen molar-refractivity contribution >= 4 is 11.9 Å². The maximum absolute atomic E-state index is 12.3. The fourth-order valence-corrected chi connectivity index (χ4v) is 2.59. The van der Waals surface area contributed by atoms with E-state index < -0.39 is 12.0 Å². The molecule has 5 heteroatoms. The third-order valence-corrected chi connectivity index (χ3v) is 3.69. The molecular formula is C15H19NO4. The lowest BCUT2D eigenvalue weighted by molar-refractivity contribution is -0.150. The summed E-state index contributed by atoms with van der Waals surface area (Å²) < 4.78 is 0. The standard InChI is InChI=1S/C15H19NO4/c17-13-8-4-3-6-11(13)10-14(18)16-9-5-1-2-7-12(16)15(19)20/h3-4,6,8,12,17H,1-2,5,7,9-10H2,(H,19,20). The smallest absolute Gasteiger partial charge is 0.326 e. The first-order chi connectivity index (χ1) is 9.59. The van der Waals surface area contributed by atoms with Crippen molar-refractivity contribution in [2.75, 3.05) is 6.54 Å². The third kappa shape index (κ3) is 3.29. The van der Waals surface area contributed by atoms with Gasteiger partial charge in [-0.05, 0) is 18.9 Å². The van der Waals surface area contributed by atoms with Gasteiger partial charge in [0.15, 0.2) is 0 Å². The molecule has 1 saturated heterocycles. The highest BCUT2D eigenvalue weighted by molar-refractivity contribution is 5.85. The second-order valence-electron chi connectivity index (χ2n) is 5.10. The van der Waals surface area contributed by atoms with E-state index in [2.05, 4.69) is 0 Å². The molecule has 1 unspecified atom stereocenters. The van der Waals surface area contributed by atoms with E-state index in [1.54, 1.807) is 18.2 Å². The van der Waals surface area contributed by atoms with E-state index in [0.717, 1.165) is 19.3 Å². The fourth-order valence-electron chi connectivity index (χ4n) is 2.59. The van der Waals surface area contributed by atoms with Crippen molar-refractivity contribution in [2.24, 2.45) is 0 Å². The molecule has 0 spiro atoms. The van der Waals surface area contributed by atoms with Gasteiger partial charge in [-0.25, -0.2) is 4.79 Å². The van der Waals surface area contributed by atoms with Gasteiger partial charge in [-0.3, -0.25) is 4.79 Å². The summed E-state index contributed by atoms with van der Waals surface area (Å²) in [5.74, 6) is -1.11. The Morgan fingerprint density at radius 2 is 1.95 bits per heavy atom. The molecule has 1 aliphatic heterocycles. The van der Waals surface area contributed by atoms with Gasteiger partial charge in [-0.2, -0.15) is 0 Å². The van der Waals surface area contributed by atoms with E-state index in [-0.39, 0.29) is 18.1 Å². The van der Waals surface area contributed by atoms with Gasteiger partial charge in [0.2, 0.25) is 5.91 Å². The van der Waals surface area contributed by atoms with Gasteiger partial charge in [0, 0.05) is 12.1 Å². The van der Waals surface area contributed by atoms with E-state index in [1.807, 2.05) is 0 Å². The molecule has 0 saturated carbocycles. The van der Waals surface area contributed by atoms with E-state index >= 15 is 0 Å². The molecule has 2 N–H and O–H groups in total. The Morgan fingerprint density at radius 3 is 2.65 bits per heavy atom. The zero-order valence-electron chi connectivity index (χ0n) is 11.3. The van der Waals surface area contributed by atoms with Crippen molar-refractivity contribution in [1.29, 1.82) is 0 Å². The van der Waals surface area contributed by atoms with Crippen LogP contribution in [0.2, 0.25) is 0 Å². The lowest BCUT2D eigenvalue weighted by Crippen LogP contribution is -2.45. The number of phenolic OH excluding ortho intramolecular Hbond substituents is 1. The normalized spacial score (nSPS) is 19.4. The first-order valence-corrected chi connectivity index (χ1v) is 6.88. The molecule has 1 amide bonds. The first kappa shape index (κ1) is 14.4. The highest BCUT2D eigenvalue weighted by Crippen LogP contribution is 2.21. The van der Waals surface area contributed by atoms with Gasteiger partial charge < -0.3 is 15.1 Å². The number of para-hydroxylation sites is 1. The Hall–Kier alpha value is -2.04. The van der Waals surface area contributed by atoms with E-state index in [1.165, 1.54) is 11.0 Å². The van der Waals surface area contributed by atoms with Crippen molar-refractivity contribution in [3.8, 4) is 5.75 Å². The molecule has 1 heterocycles. The number of benzene rings is 1. The quantitative estimate of drug-likeness (QED) is 0.883. The summed E-state index contributed by atoms with van der Waals surface area (Å²) in [5.41, 5.74) is 0.533. The van der Waals surface area contributed by atoms with Crippen molar-refractivity contribution in [1.82, 2.24) is 4.90 Å². The Morgan fingerprint density at radius 1 is 1.20 bits per heavy atom. The zero-order chi connectivity index (χ0) is 14.5. The van der Waals surface area contributed by atoms with E-state index in [9.17, 15) is 19.8 Å². The molecule has 1 fully saturated rings. The molecule has 108 valence electrons. The number of rotatable bonds is 3. The minimum Gasteiger partial charge on any atom is -0.508 e. The summed E-state index contributed by atoms with van der Waals surface area (Å²) >= 11 is 0. The predicted molar refractivity (Wildman–Crippen MR) is 73.4 cm³/mol. The average Bonchev–Trinajstić information content (AvgIpc) is 2.67. The van der Waals surface area contributed by atoms with Crippen LogP contribution in [-0.4, -0.2) is 39.6 Å². The predicted octanol–water partition coefficient (Wildman–Crippen LogP) is 1.79. The summed E-state index contributed by atoms with van der Waals surface area (Å²) in [7, 11) is 0. The third-order valence-electron chi connectivity index (χ3n) is 3.69. The molecule has 2 rings (SSSR count). The molecule has 1 aromatic carbocycles.